The molecule has 1 spiro atoms. The number of primary amides is 1. The normalized spacial score (nSPS) is 31.2. The lowest BCUT2D eigenvalue weighted by Gasteiger charge is -2.56. The Morgan fingerprint density at radius 2 is 1.72 bits per heavy atom. The number of amides is 1. The van der Waals surface area contributed by atoms with E-state index in [-0.39, 0.29) is 41.0 Å². The zero-order chi connectivity index (χ0) is 33.6. The van der Waals surface area contributed by atoms with Crippen molar-refractivity contribution in [3.05, 3.63) is 69.4 Å². The molecule has 0 radical (unpaired) electrons. The standard InChI is InChI=1S/C38H45NO7/c1-20(2)10-9-15-36(8)16-14-24-29(40)28-30(41)26-18-23-19-27-35(6,7)46-37(33(23)42,17-13-22(5)34(39)43)38(26,27)45-32(28)25(31(24)44-36)12-11-21(3)4/h10-11,13-14,16,18,23,27,40H,9,12,15,17,19H2,1-8H3,(H2,39,43)/b22-13+. The molecule has 2 fully saturated rings. The van der Waals surface area contributed by atoms with Crippen molar-refractivity contribution in [2.24, 2.45) is 17.6 Å². The van der Waals surface area contributed by atoms with E-state index in [9.17, 15) is 19.5 Å². The van der Waals surface area contributed by atoms with Crippen LogP contribution in [-0.4, -0.2) is 45.0 Å². The topological polar surface area (TPSA) is 125 Å². The summed E-state index contributed by atoms with van der Waals surface area (Å²) in [5.74, 6) is -1.59. The zero-order valence-electron chi connectivity index (χ0n) is 28.1. The number of hydrogen-bond donors (Lipinski definition) is 2. The third-order valence-corrected chi connectivity index (χ3v) is 10.5. The fourth-order valence-corrected chi connectivity index (χ4v) is 8.19. The van der Waals surface area contributed by atoms with E-state index in [2.05, 4.69) is 19.9 Å². The molecular formula is C38H45NO7. The number of rotatable bonds is 8. The van der Waals surface area contributed by atoms with Crippen molar-refractivity contribution >= 4 is 23.5 Å². The van der Waals surface area contributed by atoms with Crippen molar-refractivity contribution in [1.82, 2.24) is 0 Å². The van der Waals surface area contributed by atoms with Gasteiger partial charge in [0.15, 0.2) is 22.8 Å². The maximum atomic E-state index is 14.7. The second-order valence-corrected chi connectivity index (χ2v) is 14.8. The van der Waals surface area contributed by atoms with Crippen LogP contribution in [0.5, 0.6) is 17.2 Å². The van der Waals surface area contributed by atoms with Crippen LogP contribution in [-0.2, 0) is 20.7 Å². The fraction of sp³-hybridized carbons (Fsp3) is 0.500. The highest BCUT2D eigenvalue weighted by atomic mass is 16.6. The first-order chi connectivity index (χ1) is 21.5. The Morgan fingerprint density at radius 3 is 2.37 bits per heavy atom. The number of carbonyl (C=O) groups excluding carboxylic acids is 3. The van der Waals surface area contributed by atoms with Crippen molar-refractivity contribution in [1.29, 1.82) is 0 Å². The summed E-state index contributed by atoms with van der Waals surface area (Å²) in [7, 11) is 0. The number of phenolic OH excluding ortho intramolecular Hbond substituents is 1. The first-order valence-electron chi connectivity index (χ1n) is 16.2. The van der Waals surface area contributed by atoms with E-state index in [0.29, 0.717) is 47.3 Å². The molecule has 0 aromatic heterocycles. The summed E-state index contributed by atoms with van der Waals surface area (Å²) in [4.78, 5) is 41.1. The molecule has 7 rings (SSSR count). The quantitative estimate of drug-likeness (QED) is 0.245. The van der Waals surface area contributed by atoms with Crippen LogP contribution in [0.15, 0.2) is 52.7 Å². The number of nitrogens with two attached hydrogens (primary N) is 1. The number of fused-ring (bicyclic) bond motifs is 2. The average Bonchev–Trinajstić information content (AvgIpc) is 3.12. The number of carbonyl (C=O) groups is 3. The molecule has 8 heteroatoms. The van der Waals surface area contributed by atoms with Gasteiger partial charge in [0.2, 0.25) is 5.91 Å². The lowest BCUT2D eigenvalue weighted by atomic mass is 9.51. The van der Waals surface area contributed by atoms with Gasteiger partial charge in [0, 0.05) is 35.0 Å². The highest BCUT2D eigenvalue weighted by Gasteiger charge is 2.81. The van der Waals surface area contributed by atoms with Gasteiger partial charge in [-0.05, 0) is 93.2 Å². The fourth-order valence-electron chi connectivity index (χ4n) is 8.19. The number of hydrogen-bond acceptors (Lipinski definition) is 7. The summed E-state index contributed by atoms with van der Waals surface area (Å²) in [6.45, 7) is 15.6. The van der Waals surface area contributed by atoms with Gasteiger partial charge in [0.25, 0.3) is 0 Å². The summed E-state index contributed by atoms with van der Waals surface area (Å²) in [6, 6.07) is 0. The Hall–Kier alpha value is -3.91. The van der Waals surface area contributed by atoms with Crippen molar-refractivity contribution in [3.63, 3.8) is 0 Å². The molecule has 1 saturated carbocycles. The van der Waals surface area contributed by atoms with E-state index >= 15 is 0 Å². The highest BCUT2D eigenvalue weighted by Crippen LogP contribution is 2.68. The van der Waals surface area contributed by atoms with E-state index in [4.69, 9.17) is 19.9 Å². The maximum absolute atomic E-state index is 14.7. The first kappa shape index (κ1) is 32.0. The summed E-state index contributed by atoms with van der Waals surface area (Å²) in [5.41, 5.74) is 5.08. The van der Waals surface area contributed by atoms with Crippen LogP contribution >= 0.6 is 0 Å². The highest BCUT2D eigenvalue weighted by molar-refractivity contribution is 6.19. The average molecular weight is 628 g/mol. The molecule has 244 valence electrons. The van der Waals surface area contributed by atoms with Crippen LogP contribution in [0.4, 0.5) is 0 Å². The molecular weight excluding hydrogens is 582 g/mol. The van der Waals surface area contributed by atoms with Crippen LogP contribution in [0.3, 0.4) is 0 Å². The lowest BCUT2D eigenvalue weighted by molar-refractivity contribution is -0.171. The van der Waals surface area contributed by atoms with Gasteiger partial charge in [-0.25, -0.2) is 0 Å². The molecule has 46 heavy (non-hydrogen) atoms. The molecule has 1 aromatic rings. The molecule has 1 aromatic carbocycles. The van der Waals surface area contributed by atoms with Crippen LogP contribution in [0.25, 0.3) is 6.08 Å². The first-order valence-corrected chi connectivity index (χ1v) is 16.2. The van der Waals surface area contributed by atoms with Crippen molar-refractivity contribution < 1.29 is 33.7 Å². The number of phenols is 1. The Balaban J connectivity index is 1.59. The minimum absolute atomic E-state index is 0.0128. The smallest absolute Gasteiger partial charge is 0.244 e. The van der Waals surface area contributed by atoms with Gasteiger partial charge >= 0.3 is 0 Å². The molecule has 3 aliphatic carbocycles. The third-order valence-electron chi connectivity index (χ3n) is 10.5. The Kier molecular flexibility index (Phi) is 7.36. The molecule has 5 atom stereocenters. The second-order valence-electron chi connectivity index (χ2n) is 14.8. The number of ketones is 2. The number of benzene rings is 1. The SMILES string of the molecule is CC(C)=CCCC1(C)C=Cc2c(O)c3c(c(CC=C(C)C)c2O1)OC12C(=CC4CC1C(C)(C)OC2(C/C=C(\C)C(N)=O)C4=O)C3=O. The second kappa shape index (κ2) is 10.6. The number of Topliss-reactive ketones (excluding diaryl/α,β-unsaturated/α-hetero) is 2. The van der Waals surface area contributed by atoms with Gasteiger partial charge < -0.3 is 25.1 Å². The van der Waals surface area contributed by atoms with E-state index in [1.807, 2.05) is 52.8 Å². The van der Waals surface area contributed by atoms with Gasteiger partial charge in [0.1, 0.15) is 28.4 Å². The Bertz CT molecular complexity index is 1730. The molecule has 3 N–H and O–H groups in total. The van der Waals surface area contributed by atoms with Crippen LogP contribution in [0.1, 0.15) is 103 Å². The molecule has 4 bridgehead atoms. The molecule has 5 unspecified atom stereocenters. The molecule has 1 saturated heterocycles. The summed E-state index contributed by atoms with van der Waals surface area (Å²) in [6.07, 6.45) is 13.7. The minimum Gasteiger partial charge on any atom is -0.506 e. The lowest BCUT2D eigenvalue weighted by Crippen LogP contribution is -2.72. The predicted octanol–water partition coefficient (Wildman–Crippen LogP) is 6.64. The van der Waals surface area contributed by atoms with Gasteiger partial charge in [0.05, 0.1) is 11.2 Å². The maximum Gasteiger partial charge on any atom is 0.244 e. The van der Waals surface area contributed by atoms with Crippen molar-refractivity contribution in [3.8, 4) is 17.2 Å². The number of allylic oxidation sites excluding steroid dienone is 5. The largest absolute Gasteiger partial charge is 0.506 e. The van der Waals surface area contributed by atoms with E-state index in [1.54, 1.807) is 19.1 Å². The van der Waals surface area contributed by atoms with Crippen molar-refractivity contribution in [2.45, 2.75) is 110 Å². The molecule has 3 heterocycles. The molecule has 8 nitrogen and oxygen atoms in total. The number of aromatic hydroxyl groups is 1. The van der Waals surface area contributed by atoms with Gasteiger partial charge in [-0.2, -0.15) is 0 Å². The Labute approximate surface area is 271 Å². The molecule has 1 amide bonds. The molecule has 3 aliphatic heterocycles. The van der Waals surface area contributed by atoms with E-state index in [0.717, 1.165) is 12.0 Å². The van der Waals surface area contributed by atoms with Gasteiger partial charge in [-0.15, -0.1) is 0 Å². The third kappa shape index (κ3) is 4.47. The van der Waals surface area contributed by atoms with Crippen LogP contribution in [0.2, 0.25) is 0 Å². The number of ether oxygens (including phenoxy) is 3. The monoisotopic (exact) mass is 627 g/mol. The summed E-state index contributed by atoms with van der Waals surface area (Å²) < 4.78 is 20.7. The summed E-state index contributed by atoms with van der Waals surface area (Å²) in [5, 5.41) is 11.8. The van der Waals surface area contributed by atoms with Gasteiger partial charge in [-0.3, -0.25) is 14.4 Å². The predicted molar refractivity (Wildman–Crippen MR) is 176 cm³/mol. The minimum atomic E-state index is -1.57. The van der Waals surface area contributed by atoms with Crippen LogP contribution < -0.4 is 15.2 Å². The van der Waals surface area contributed by atoms with E-state index < -0.39 is 34.2 Å². The summed E-state index contributed by atoms with van der Waals surface area (Å²) >= 11 is 0. The molecule has 6 aliphatic rings. The van der Waals surface area contributed by atoms with Gasteiger partial charge in [-0.1, -0.05) is 35.5 Å². The van der Waals surface area contributed by atoms with Crippen LogP contribution in [0, 0.1) is 11.8 Å². The van der Waals surface area contributed by atoms with Crippen molar-refractivity contribution in [2.75, 3.05) is 0 Å². The van der Waals surface area contributed by atoms with E-state index in [1.165, 1.54) is 5.57 Å². The Morgan fingerprint density at radius 1 is 1.02 bits per heavy atom. The zero-order valence-corrected chi connectivity index (χ0v) is 28.1.